The Morgan fingerprint density at radius 3 is 2.55 bits per heavy atom. The monoisotopic (exact) mass is 532 g/mol. The van der Waals surface area contributed by atoms with Gasteiger partial charge in [0, 0.05) is 47.4 Å². The number of rotatable bonds is 7. The van der Waals surface area contributed by atoms with Gasteiger partial charge in [-0.05, 0) is 55.8 Å². The molecule has 9 nitrogen and oxygen atoms in total. The van der Waals surface area contributed by atoms with Gasteiger partial charge in [-0.3, -0.25) is 14.6 Å². The first-order valence-electron chi connectivity index (χ1n) is 11.7. The highest BCUT2D eigenvalue weighted by Gasteiger charge is 2.20. The molecule has 4 aromatic rings. The van der Waals surface area contributed by atoms with Crippen LogP contribution in [0, 0.1) is 6.92 Å². The third kappa shape index (κ3) is 5.76. The largest absolute Gasteiger partial charge is 0.455 e. The van der Waals surface area contributed by atoms with Crippen molar-refractivity contribution in [2.75, 3.05) is 24.4 Å². The summed E-state index contributed by atoms with van der Waals surface area (Å²) in [6.45, 7) is 3.75. The minimum atomic E-state index is -3.74. The number of aliphatic imine (C=N–C) groups is 1. The van der Waals surface area contributed by atoms with Crippen molar-refractivity contribution in [1.29, 1.82) is 0 Å². The van der Waals surface area contributed by atoms with Gasteiger partial charge in [0.2, 0.25) is 10.0 Å². The first-order valence-corrected chi connectivity index (χ1v) is 13.6. The third-order valence-electron chi connectivity index (χ3n) is 5.93. The molecule has 4 N–H and O–H groups in total. The first kappa shape index (κ1) is 26.6. The third-order valence-corrected chi connectivity index (χ3v) is 6.49. The number of carbonyl (C=O) groups is 1. The Hall–Kier alpha value is -4.44. The summed E-state index contributed by atoms with van der Waals surface area (Å²) in [4.78, 5) is 29.8. The maximum Gasteiger partial charge on any atom is 0.266 e. The van der Waals surface area contributed by atoms with Crippen LogP contribution in [-0.4, -0.2) is 33.8 Å². The molecule has 196 valence electrons. The van der Waals surface area contributed by atoms with Gasteiger partial charge >= 0.3 is 0 Å². The number of nitrogens with zero attached hydrogens (tertiary/aromatic N) is 1. The second-order valence-electron chi connectivity index (χ2n) is 9.05. The zero-order chi connectivity index (χ0) is 27.6. The topological polar surface area (TPSA) is 144 Å². The van der Waals surface area contributed by atoms with E-state index in [-0.39, 0.29) is 11.0 Å². The van der Waals surface area contributed by atoms with E-state index >= 15 is 0 Å². The molecule has 4 rings (SSSR count). The summed E-state index contributed by atoms with van der Waals surface area (Å²) in [5.41, 5.74) is 10.3. The fraction of sp³-hybridized carbons (Fsp3) is 0.179. The van der Waals surface area contributed by atoms with Crippen molar-refractivity contribution in [3.05, 3.63) is 93.1 Å². The van der Waals surface area contributed by atoms with Gasteiger partial charge in [-0.1, -0.05) is 18.2 Å². The number of para-hydroxylation sites is 1. The van der Waals surface area contributed by atoms with E-state index in [9.17, 15) is 18.0 Å². The van der Waals surface area contributed by atoms with Crippen molar-refractivity contribution < 1.29 is 17.6 Å². The molecule has 10 heteroatoms. The lowest BCUT2D eigenvalue weighted by molar-refractivity contribution is 0.0982. The van der Waals surface area contributed by atoms with Crippen molar-refractivity contribution in [3.8, 4) is 11.3 Å². The Labute approximate surface area is 220 Å². The minimum Gasteiger partial charge on any atom is -0.455 e. The van der Waals surface area contributed by atoms with Crippen LogP contribution in [-0.2, 0) is 10.0 Å². The van der Waals surface area contributed by atoms with E-state index in [0.717, 1.165) is 11.8 Å². The zero-order valence-electron chi connectivity index (χ0n) is 21.4. The Kier molecular flexibility index (Phi) is 7.36. The molecule has 0 aliphatic rings. The highest BCUT2D eigenvalue weighted by molar-refractivity contribution is 7.89. The number of nitrogen functional groups attached to an aromatic ring is 1. The molecule has 0 spiro atoms. The molecule has 3 aromatic carbocycles. The van der Waals surface area contributed by atoms with Crippen molar-refractivity contribution in [1.82, 2.24) is 4.72 Å². The minimum absolute atomic E-state index is 0.163. The summed E-state index contributed by atoms with van der Waals surface area (Å²) in [6, 6.07) is 16.6. The number of carbonyl (C=O) groups excluding carboxylic acids is 1. The number of sulfonamides is 1. The van der Waals surface area contributed by atoms with Gasteiger partial charge in [0.25, 0.3) is 5.91 Å². The normalized spacial score (nSPS) is 12.5. The second kappa shape index (κ2) is 10.5. The van der Waals surface area contributed by atoms with Crippen LogP contribution in [0.25, 0.3) is 22.3 Å². The van der Waals surface area contributed by atoms with Crippen LogP contribution >= 0.6 is 0 Å². The molecule has 38 heavy (non-hydrogen) atoms. The predicted molar refractivity (Wildman–Crippen MR) is 151 cm³/mol. The summed E-state index contributed by atoms with van der Waals surface area (Å²) in [5.74, 6) is -0.376. The number of hydrogen-bond donors (Lipinski definition) is 3. The van der Waals surface area contributed by atoms with E-state index in [0.29, 0.717) is 44.8 Å². The summed E-state index contributed by atoms with van der Waals surface area (Å²) in [6.07, 6.45) is 2.55. The molecule has 0 unspecified atom stereocenters. The number of benzene rings is 3. The van der Waals surface area contributed by atoms with Crippen LogP contribution in [0.15, 0.2) is 74.9 Å². The van der Waals surface area contributed by atoms with Gasteiger partial charge in [0.1, 0.15) is 11.3 Å². The van der Waals surface area contributed by atoms with E-state index in [1.54, 1.807) is 55.7 Å². The number of nitrogens with one attached hydrogen (secondary N) is 2. The van der Waals surface area contributed by atoms with Gasteiger partial charge in [-0.2, -0.15) is 0 Å². The first-order chi connectivity index (χ1) is 18.0. The van der Waals surface area contributed by atoms with Crippen LogP contribution in [0.2, 0.25) is 0 Å². The molecule has 1 atom stereocenters. The lowest BCUT2D eigenvalue weighted by Gasteiger charge is -2.20. The summed E-state index contributed by atoms with van der Waals surface area (Å²) in [7, 11) is -2.09. The van der Waals surface area contributed by atoms with E-state index in [1.807, 2.05) is 24.6 Å². The number of anilines is 2. The van der Waals surface area contributed by atoms with E-state index in [4.69, 9.17) is 10.2 Å². The molecule has 0 radical (unpaired) electrons. The molecular weight excluding hydrogens is 504 g/mol. The van der Waals surface area contributed by atoms with Crippen LogP contribution in [0.3, 0.4) is 0 Å². The fourth-order valence-corrected chi connectivity index (χ4v) is 4.67. The zero-order valence-corrected chi connectivity index (χ0v) is 22.2. The molecule has 0 fully saturated rings. The van der Waals surface area contributed by atoms with Crippen molar-refractivity contribution >= 4 is 44.5 Å². The lowest BCUT2D eigenvalue weighted by atomic mass is 10.00. The highest BCUT2D eigenvalue weighted by atomic mass is 32.2. The molecule has 0 aliphatic heterocycles. The van der Waals surface area contributed by atoms with Crippen molar-refractivity contribution in [3.63, 3.8) is 0 Å². The van der Waals surface area contributed by atoms with Crippen LogP contribution in [0.1, 0.15) is 40.0 Å². The number of hydrogen-bond acceptors (Lipinski definition) is 8. The standard InChI is InChI=1S/C28H28N4O5S/c1-16-11-21(17(2)31-24-8-6-5-7-20(24)28(34)32-38(4,35)36)27-22(12-16)25(33)14-26(37-27)18-9-10-23(29)19(13-18)15-30-3/h5-15,17,31H,29H2,1-4H3,(H,32,34)/t17-/m1/s1. The van der Waals surface area contributed by atoms with Crippen LogP contribution in [0.4, 0.5) is 11.4 Å². The number of fused-ring (bicyclic) bond motifs is 1. The maximum absolute atomic E-state index is 13.2. The molecule has 1 heterocycles. The van der Waals surface area contributed by atoms with Crippen molar-refractivity contribution in [2.24, 2.45) is 4.99 Å². The van der Waals surface area contributed by atoms with E-state index < -0.39 is 22.0 Å². The Morgan fingerprint density at radius 2 is 1.84 bits per heavy atom. The van der Waals surface area contributed by atoms with Crippen LogP contribution < -0.4 is 21.2 Å². The van der Waals surface area contributed by atoms with Crippen molar-refractivity contribution in [2.45, 2.75) is 19.9 Å². The summed E-state index contributed by atoms with van der Waals surface area (Å²) in [5, 5.41) is 3.70. The molecule has 0 aliphatic carbocycles. The van der Waals surface area contributed by atoms with E-state index in [2.05, 4.69) is 10.3 Å². The quantitative estimate of drug-likeness (QED) is 0.238. The average molecular weight is 533 g/mol. The second-order valence-corrected chi connectivity index (χ2v) is 10.8. The summed E-state index contributed by atoms with van der Waals surface area (Å²) < 4.78 is 31.5. The molecule has 0 bridgehead atoms. The lowest BCUT2D eigenvalue weighted by Crippen LogP contribution is -2.30. The SMILES string of the molecule is CN=Cc1cc(-c2cc(=O)c3cc(C)cc([C@@H](C)Nc4ccccc4C(=O)NS(C)(=O)=O)c3o2)ccc1N. The number of aryl methyl sites for hydroxylation is 1. The van der Waals surface area contributed by atoms with Gasteiger partial charge in [-0.25, -0.2) is 13.1 Å². The highest BCUT2D eigenvalue weighted by Crippen LogP contribution is 2.32. The Balaban J connectivity index is 1.80. The van der Waals surface area contributed by atoms with E-state index in [1.165, 1.54) is 12.1 Å². The Bertz CT molecular complexity index is 1740. The van der Waals surface area contributed by atoms with Gasteiger partial charge in [0.15, 0.2) is 5.43 Å². The smallest absolute Gasteiger partial charge is 0.266 e. The molecule has 0 saturated carbocycles. The Morgan fingerprint density at radius 1 is 1.11 bits per heavy atom. The predicted octanol–water partition coefficient (Wildman–Crippen LogP) is 4.26. The van der Waals surface area contributed by atoms with Gasteiger partial charge in [0.05, 0.1) is 23.2 Å². The molecular formula is C28H28N4O5S. The maximum atomic E-state index is 13.2. The number of amides is 1. The van der Waals surface area contributed by atoms with Gasteiger partial charge in [-0.15, -0.1) is 0 Å². The molecule has 1 amide bonds. The molecule has 1 aromatic heterocycles. The number of nitrogens with two attached hydrogens (primary N) is 1. The van der Waals surface area contributed by atoms with Crippen LogP contribution in [0.5, 0.6) is 0 Å². The van der Waals surface area contributed by atoms with Gasteiger partial charge < -0.3 is 15.5 Å². The summed E-state index contributed by atoms with van der Waals surface area (Å²) >= 11 is 0. The molecule has 0 saturated heterocycles. The fourth-order valence-electron chi connectivity index (χ4n) is 4.22. The average Bonchev–Trinajstić information content (AvgIpc) is 2.84.